The first kappa shape index (κ1) is 16.1. The molecule has 3 N–H and O–H groups in total. The average molecular weight is 307 g/mol. The minimum Gasteiger partial charge on any atom is -0.486 e. The lowest BCUT2D eigenvalue weighted by molar-refractivity contribution is -0.121. The summed E-state index contributed by atoms with van der Waals surface area (Å²) in [6.45, 7) is 4.79. The second kappa shape index (κ2) is 7.65. The second-order valence-electron chi connectivity index (χ2n) is 4.98. The quantitative estimate of drug-likeness (QED) is 0.743. The molecule has 1 aliphatic heterocycles. The van der Waals surface area contributed by atoms with Crippen molar-refractivity contribution in [3.8, 4) is 11.5 Å². The summed E-state index contributed by atoms with van der Waals surface area (Å²) in [6, 6.07) is 6.44. The van der Waals surface area contributed by atoms with Crippen molar-refractivity contribution in [1.29, 1.82) is 0 Å². The number of para-hydroxylation sites is 2. The van der Waals surface area contributed by atoms with Crippen LogP contribution in [0.2, 0.25) is 0 Å². The summed E-state index contributed by atoms with van der Waals surface area (Å²) in [5.41, 5.74) is 0. The van der Waals surface area contributed by atoms with E-state index in [1.165, 1.54) is 0 Å². The Morgan fingerprint density at radius 1 is 1.32 bits per heavy atom. The summed E-state index contributed by atoms with van der Waals surface area (Å²) in [6.07, 6.45) is -0.186. The van der Waals surface area contributed by atoms with Gasteiger partial charge in [-0.05, 0) is 26.0 Å². The zero-order chi connectivity index (χ0) is 15.9. The van der Waals surface area contributed by atoms with Crippen LogP contribution in [0, 0.1) is 0 Å². The molecule has 1 heterocycles. The van der Waals surface area contributed by atoms with Gasteiger partial charge < -0.3 is 20.1 Å². The van der Waals surface area contributed by atoms with Crippen molar-refractivity contribution in [3.05, 3.63) is 24.3 Å². The lowest BCUT2D eigenvalue weighted by atomic mass is 10.2. The first-order valence-corrected chi connectivity index (χ1v) is 7.30. The van der Waals surface area contributed by atoms with Gasteiger partial charge in [0.1, 0.15) is 12.7 Å². The molecular formula is C15H21N3O4. The molecule has 0 saturated carbocycles. The number of nitrogens with one attached hydrogen (secondary N) is 3. The summed E-state index contributed by atoms with van der Waals surface area (Å²) in [5.74, 6) is 1.03. The van der Waals surface area contributed by atoms with Crippen LogP contribution in [0.4, 0.5) is 4.79 Å². The molecule has 22 heavy (non-hydrogen) atoms. The van der Waals surface area contributed by atoms with Crippen LogP contribution in [0.3, 0.4) is 0 Å². The fraction of sp³-hybridized carbons (Fsp3) is 0.467. The smallest absolute Gasteiger partial charge is 0.321 e. The first-order valence-electron chi connectivity index (χ1n) is 7.30. The molecule has 3 amide bonds. The van der Waals surface area contributed by atoms with Crippen LogP contribution in [0.15, 0.2) is 24.3 Å². The molecule has 0 fully saturated rings. The predicted octanol–water partition coefficient (Wildman–Crippen LogP) is 0.650. The number of urea groups is 1. The Bertz CT molecular complexity index is 535. The summed E-state index contributed by atoms with van der Waals surface area (Å²) < 4.78 is 11.4. The number of rotatable bonds is 5. The van der Waals surface area contributed by atoms with Crippen LogP contribution in [0.5, 0.6) is 11.5 Å². The van der Waals surface area contributed by atoms with Crippen molar-refractivity contribution >= 4 is 11.9 Å². The molecule has 7 heteroatoms. The summed E-state index contributed by atoms with van der Waals surface area (Å²) in [4.78, 5) is 23.1. The van der Waals surface area contributed by atoms with Crippen molar-refractivity contribution in [2.75, 3.05) is 19.7 Å². The van der Waals surface area contributed by atoms with Crippen molar-refractivity contribution in [2.24, 2.45) is 0 Å². The van der Waals surface area contributed by atoms with Gasteiger partial charge in [-0.1, -0.05) is 12.1 Å². The number of benzene rings is 1. The van der Waals surface area contributed by atoms with Crippen molar-refractivity contribution < 1.29 is 19.1 Å². The molecule has 0 aromatic heterocycles. The van der Waals surface area contributed by atoms with E-state index in [-0.39, 0.29) is 12.0 Å². The highest BCUT2D eigenvalue weighted by Crippen LogP contribution is 2.30. The van der Waals surface area contributed by atoms with Crippen LogP contribution in [0.1, 0.15) is 13.8 Å². The number of amides is 3. The standard InChI is InChI=1S/C15H21N3O4/c1-3-16-15(20)18-14(19)10(2)17-8-11-9-21-12-6-4-5-7-13(12)22-11/h4-7,10-11,17H,3,8-9H2,1-2H3,(H2,16,18,19,20)/t10-,11-/m1/s1. The first-order chi connectivity index (χ1) is 10.6. The Morgan fingerprint density at radius 3 is 2.77 bits per heavy atom. The van der Waals surface area contributed by atoms with Crippen molar-refractivity contribution in [2.45, 2.75) is 26.0 Å². The topological polar surface area (TPSA) is 88.7 Å². The van der Waals surface area contributed by atoms with Gasteiger partial charge in [0.05, 0.1) is 6.04 Å². The number of hydrogen-bond donors (Lipinski definition) is 3. The molecule has 1 aromatic carbocycles. The van der Waals surface area contributed by atoms with Gasteiger partial charge >= 0.3 is 6.03 Å². The molecule has 0 unspecified atom stereocenters. The molecule has 0 radical (unpaired) electrons. The van der Waals surface area contributed by atoms with Gasteiger partial charge in [0, 0.05) is 13.1 Å². The monoisotopic (exact) mass is 307 g/mol. The molecule has 0 aliphatic carbocycles. The maximum absolute atomic E-state index is 11.8. The van der Waals surface area contributed by atoms with Crippen molar-refractivity contribution in [3.63, 3.8) is 0 Å². The largest absolute Gasteiger partial charge is 0.486 e. The molecule has 0 bridgehead atoms. The highest BCUT2D eigenvalue weighted by atomic mass is 16.6. The van der Waals surface area contributed by atoms with Crippen LogP contribution in [-0.4, -0.2) is 43.8 Å². The van der Waals surface area contributed by atoms with Gasteiger partial charge in [-0.2, -0.15) is 0 Å². The average Bonchev–Trinajstić information content (AvgIpc) is 2.52. The van der Waals surface area contributed by atoms with Gasteiger partial charge in [0.25, 0.3) is 0 Å². The maximum atomic E-state index is 11.8. The zero-order valence-corrected chi connectivity index (χ0v) is 12.7. The Morgan fingerprint density at radius 2 is 2.05 bits per heavy atom. The molecule has 120 valence electrons. The van der Waals surface area contributed by atoms with Gasteiger partial charge in [-0.15, -0.1) is 0 Å². The fourth-order valence-electron chi connectivity index (χ4n) is 1.99. The van der Waals surface area contributed by atoms with Gasteiger partial charge in [-0.3, -0.25) is 10.1 Å². The van der Waals surface area contributed by atoms with Crippen LogP contribution in [0.25, 0.3) is 0 Å². The Labute approximate surface area is 129 Å². The number of ether oxygens (including phenoxy) is 2. The fourth-order valence-corrected chi connectivity index (χ4v) is 1.99. The molecule has 2 atom stereocenters. The number of carbonyl (C=O) groups is 2. The van der Waals surface area contributed by atoms with Crippen LogP contribution in [-0.2, 0) is 4.79 Å². The molecular weight excluding hydrogens is 286 g/mol. The van der Waals surface area contributed by atoms with E-state index in [2.05, 4.69) is 16.0 Å². The summed E-state index contributed by atoms with van der Waals surface area (Å²) >= 11 is 0. The number of imide groups is 1. The normalized spacial score (nSPS) is 17.5. The van der Waals surface area contributed by atoms with Crippen LogP contribution < -0.4 is 25.4 Å². The maximum Gasteiger partial charge on any atom is 0.321 e. The Balaban J connectivity index is 1.76. The lowest BCUT2D eigenvalue weighted by Gasteiger charge is -2.27. The van der Waals surface area contributed by atoms with Gasteiger partial charge in [-0.25, -0.2) is 4.79 Å². The molecule has 0 spiro atoms. The molecule has 7 nitrogen and oxygen atoms in total. The van der Waals surface area contributed by atoms with E-state index in [9.17, 15) is 9.59 Å². The van der Waals surface area contributed by atoms with Gasteiger partial charge in [0.15, 0.2) is 11.5 Å². The zero-order valence-electron chi connectivity index (χ0n) is 12.7. The van der Waals surface area contributed by atoms with Crippen molar-refractivity contribution in [1.82, 2.24) is 16.0 Å². The highest BCUT2D eigenvalue weighted by Gasteiger charge is 2.22. The molecule has 2 rings (SSSR count). The lowest BCUT2D eigenvalue weighted by Crippen LogP contribution is -2.50. The Kier molecular flexibility index (Phi) is 5.60. The minimum absolute atomic E-state index is 0.186. The van der Waals surface area contributed by atoms with E-state index in [1.807, 2.05) is 24.3 Å². The highest BCUT2D eigenvalue weighted by molar-refractivity contribution is 5.96. The third kappa shape index (κ3) is 4.36. The number of fused-ring (bicyclic) bond motifs is 1. The SMILES string of the molecule is CCNC(=O)NC(=O)[C@@H](C)NC[C@@H]1COc2ccccc2O1. The second-order valence-corrected chi connectivity index (χ2v) is 4.98. The van der Waals surface area contributed by atoms with Crippen LogP contribution >= 0.6 is 0 Å². The molecule has 0 saturated heterocycles. The summed E-state index contributed by atoms with van der Waals surface area (Å²) in [5, 5.41) is 7.80. The molecule has 1 aliphatic rings. The molecule has 1 aromatic rings. The van der Waals surface area contributed by atoms with E-state index in [0.29, 0.717) is 25.4 Å². The third-order valence-electron chi connectivity index (χ3n) is 3.19. The van der Waals surface area contributed by atoms with E-state index in [0.717, 1.165) is 5.75 Å². The van der Waals surface area contributed by atoms with E-state index in [4.69, 9.17) is 9.47 Å². The third-order valence-corrected chi connectivity index (χ3v) is 3.19. The Hall–Kier alpha value is -2.28. The minimum atomic E-state index is -0.511. The van der Waals surface area contributed by atoms with E-state index < -0.39 is 12.1 Å². The predicted molar refractivity (Wildman–Crippen MR) is 81.0 cm³/mol. The van der Waals surface area contributed by atoms with E-state index >= 15 is 0 Å². The summed E-state index contributed by atoms with van der Waals surface area (Å²) in [7, 11) is 0. The number of carbonyl (C=O) groups excluding carboxylic acids is 2. The van der Waals surface area contributed by atoms with E-state index in [1.54, 1.807) is 13.8 Å². The number of hydrogen-bond acceptors (Lipinski definition) is 5. The van der Waals surface area contributed by atoms with Gasteiger partial charge in [0.2, 0.25) is 5.91 Å².